The summed E-state index contributed by atoms with van der Waals surface area (Å²) in [5.74, 6) is 0.424. The molecule has 3 aliphatic heterocycles. The van der Waals surface area contributed by atoms with Crippen molar-refractivity contribution < 1.29 is 44.5 Å². The van der Waals surface area contributed by atoms with Crippen LogP contribution >= 0.6 is 0 Å². The van der Waals surface area contributed by atoms with Gasteiger partial charge < -0.3 is 30.9 Å². The van der Waals surface area contributed by atoms with Gasteiger partial charge in [-0.05, 0) is 54.1 Å². The average molecular weight is 573 g/mol. The van der Waals surface area contributed by atoms with E-state index in [0.717, 1.165) is 54.8 Å². The first-order chi connectivity index (χ1) is 17.5. The molecule has 196 valence electrons. The van der Waals surface area contributed by atoms with Crippen molar-refractivity contribution in [3.05, 3.63) is 96.1 Å². The van der Waals surface area contributed by atoms with Gasteiger partial charge in [-0.15, -0.1) is 0 Å². The monoisotopic (exact) mass is 572 g/mol. The van der Waals surface area contributed by atoms with Gasteiger partial charge in [0.05, 0.1) is 19.6 Å². The fourth-order valence-corrected chi connectivity index (χ4v) is 5.39. The number of fused-ring (bicyclic) bond motifs is 3. The molecular weight excluding hydrogens is 542 g/mol. The van der Waals surface area contributed by atoms with E-state index in [-0.39, 0.29) is 40.8 Å². The number of nitrogens with zero attached hydrogens (tertiary/aromatic N) is 2. The molecule has 37 heavy (non-hydrogen) atoms. The second-order valence-electron chi connectivity index (χ2n) is 9.81. The van der Waals surface area contributed by atoms with Crippen LogP contribution in [-0.4, -0.2) is 49.5 Å². The van der Waals surface area contributed by atoms with Gasteiger partial charge in [0.25, 0.3) is 0 Å². The van der Waals surface area contributed by atoms with Crippen molar-refractivity contribution in [2.45, 2.75) is 25.5 Å². The summed E-state index contributed by atoms with van der Waals surface area (Å²) < 4.78 is 39.4. The van der Waals surface area contributed by atoms with Gasteiger partial charge in [0, 0.05) is 24.4 Å². The minimum atomic E-state index is -0.384. The summed E-state index contributed by atoms with van der Waals surface area (Å²) in [5.41, 5.74) is 1.57. The number of quaternary nitrogens is 1. The molecule has 2 bridgehead atoms. The first-order valence-corrected chi connectivity index (χ1v) is 12.5. The van der Waals surface area contributed by atoms with E-state index in [1.807, 2.05) is 30.3 Å². The van der Waals surface area contributed by atoms with Gasteiger partial charge in [-0.3, -0.25) is 4.90 Å². The standard InChI is InChI=1S/C29H31F2N2O3.BrH/c30-24-8-6-22(7-9-24)20-32(26-4-2-1-3-5-26)29(34)36-28-21-33(16-14-23(28)15-17-33)18-19-35-27-12-10-25(31)11-13-27;/h1-13,23,28H,14-21H2;1H/q+1;/p-1/t23?,28-,33?;/m0./s1. The largest absolute Gasteiger partial charge is 1.00 e. The lowest BCUT2D eigenvalue weighted by Crippen LogP contribution is -3.00. The smallest absolute Gasteiger partial charge is 0.415 e. The van der Waals surface area contributed by atoms with Gasteiger partial charge in [0.15, 0.2) is 6.10 Å². The predicted octanol–water partition coefficient (Wildman–Crippen LogP) is 2.80. The number of benzene rings is 3. The van der Waals surface area contributed by atoms with Gasteiger partial charge in [-0.1, -0.05) is 30.3 Å². The molecule has 3 fully saturated rings. The number of anilines is 1. The SMILES string of the molecule is O=C(O[C@H]1C[N+]2(CCOc3ccc(F)cc3)CCC1CC2)N(Cc1ccc(F)cc1)c1ccccc1.[Br-]. The zero-order valence-corrected chi connectivity index (χ0v) is 22.2. The highest BCUT2D eigenvalue weighted by Crippen LogP contribution is 2.36. The first kappa shape index (κ1) is 27.1. The number of carbonyl (C=O) groups excluding carboxylic acids is 1. The Kier molecular flexibility index (Phi) is 8.82. The van der Waals surface area contributed by atoms with Crippen molar-refractivity contribution >= 4 is 11.8 Å². The summed E-state index contributed by atoms with van der Waals surface area (Å²) in [6.45, 7) is 4.50. The van der Waals surface area contributed by atoms with E-state index in [2.05, 4.69) is 0 Å². The van der Waals surface area contributed by atoms with Crippen molar-refractivity contribution in [2.24, 2.45) is 5.92 Å². The molecule has 6 rings (SSSR count). The maximum absolute atomic E-state index is 13.5. The minimum Gasteiger partial charge on any atom is -1.00 e. The number of ether oxygens (including phenoxy) is 2. The van der Waals surface area contributed by atoms with E-state index in [1.54, 1.807) is 29.2 Å². The Morgan fingerprint density at radius 3 is 2.16 bits per heavy atom. The Morgan fingerprint density at radius 1 is 0.892 bits per heavy atom. The maximum Gasteiger partial charge on any atom is 0.415 e. The molecule has 0 saturated carbocycles. The molecule has 1 amide bonds. The van der Waals surface area contributed by atoms with Crippen LogP contribution in [-0.2, 0) is 11.3 Å². The summed E-state index contributed by atoms with van der Waals surface area (Å²) in [4.78, 5) is 15.1. The number of amides is 1. The first-order valence-electron chi connectivity index (χ1n) is 12.5. The van der Waals surface area contributed by atoms with Crippen LogP contribution in [0.2, 0.25) is 0 Å². The Balaban J connectivity index is 0.00000320. The number of hydrogen-bond donors (Lipinski definition) is 0. The highest BCUT2D eigenvalue weighted by Gasteiger charge is 2.47. The molecule has 8 heteroatoms. The van der Waals surface area contributed by atoms with Gasteiger partial charge in [-0.25, -0.2) is 13.6 Å². The molecule has 1 atom stereocenters. The second kappa shape index (κ2) is 12.0. The van der Waals surface area contributed by atoms with Gasteiger partial charge in [0.2, 0.25) is 0 Å². The Hall–Kier alpha value is -2.97. The van der Waals surface area contributed by atoms with Crippen LogP contribution < -0.4 is 26.6 Å². The molecule has 3 heterocycles. The number of para-hydroxylation sites is 1. The van der Waals surface area contributed by atoms with E-state index < -0.39 is 0 Å². The molecular formula is C29H31BrF2N2O3. The average Bonchev–Trinajstić information content (AvgIpc) is 2.90. The van der Waals surface area contributed by atoms with Crippen molar-refractivity contribution in [2.75, 3.05) is 37.7 Å². The topological polar surface area (TPSA) is 38.8 Å². The number of rotatable bonds is 8. The number of carbonyl (C=O) groups is 1. The molecule has 3 aromatic rings. The van der Waals surface area contributed by atoms with Gasteiger partial charge >= 0.3 is 6.09 Å². The number of hydrogen-bond acceptors (Lipinski definition) is 3. The van der Waals surface area contributed by atoms with Crippen LogP contribution in [0.4, 0.5) is 19.3 Å². The highest BCUT2D eigenvalue weighted by molar-refractivity contribution is 5.87. The van der Waals surface area contributed by atoms with Crippen LogP contribution in [0.1, 0.15) is 18.4 Å². The molecule has 5 nitrogen and oxygen atoms in total. The summed E-state index contributed by atoms with van der Waals surface area (Å²) >= 11 is 0. The summed E-state index contributed by atoms with van der Waals surface area (Å²) in [6.07, 6.45) is 1.48. The molecule has 0 aromatic heterocycles. The molecule has 0 radical (unpaired) electrons. The molecule has 0 unspecified atom stereocenters. The van der Waals surface area contributed by atoms with Gasteiger partial charge in [-0.2, -0.15) is 0 Å². The van der Waals surface area contributed by atoms with E-state index in [4.69, 9.17) is 9.47 Å². The van der Waals surface area contributed by atoms with E-state index in [1.165, 1.54) is 24.3 Å². The third-order valence-corrected chi connectivity index (χ3v) is 7.48. The molecule has 0 spiro atoms. The fraction of sp³-hybridized carbons (Fsp3) is 0.345. The molecule has 0 N–H and O–H groups in total. The van der Waals surface area contributed by atoms with Crippen molar-refractivity contribution in [1.29, 1.82) is 0 Å². The second-order valence-corrected chi connectivity index (χ2v) is 9.81. The van der Waals surface area contributed by atoms with Crippen LogP contribution in [0.15, 0.2) is 78.9 Å². The number of halogens is 3. The Labute approximate surface area is 227 Å². The van der Waals surface area contributed by atoms with Crippen LogP contribution in [0.3, 0.4) is 0 Å². The van der Waals surface area contributed by atoms with E-state index in [0.29, 0.717) is 24.8 Å². The lowest BCUT2D eigenvalue weighted by molar-refractivity contribution is -0.946. The van der Waals surface area contributed by atoms with Crippen LogP contribution in [0, 0.1) is 17.6 Å². The molecule has 0 aliphatic carbocycles. The maximum atomic E-state index is 13.5. The predicted molar refractivity (Wildman–Crippen MR) is 134 cm³/mol. The summed E-state index contributed by atoms with van der Waals surface area (Å²) in [7, 11) is 0. The minimum absolute atomic E-state index is 0. The van der Waals surface area contributed by atoms with E-state index >= 15 is 0 Å². The Bertz CT molecular complexity index is 1150. The Morgan fingerprint density at radius 2 is 1.51 bits per heavy atom. The molecule has 3 aliphatic rings. The summed E-state index contributed by atoms with van der Waals surface area (Å²) in [5, 5.41) is 0. The molecule has 3 aromatic carbocycles. The third kappa shape index (κ3) is 6.67. The summed E-state index contributed by atoms with van der Waals surface area (Å²) in [6, 6.07) is 21.7. The normalized spacial score (nSPS) is 22.1. The molecule has 3 saturated heterocycles. The number of piperidine rings is 3. The van der Waals surface area contributed by atoms with Crippen LogP contribution in [0.25, 0.3) is 0 Å². The highest BCUT2D eigenvalue weighted by atomic mass is 79.9. The van der Waals surface area contributed by atoms with Crippen molar-refractivity contribution in [1.82, 2.24) is 0 Å². The lowest BCUT2D eigenvalue weighted by atomic mass is 9.83. The third-order valence-electron chi connectivity index (χ3n) is 7.48. The quantitative estimate of drug-likeness (QED) is 0.390. The fourth-order valence-electron chi connectivity index (χ4n) is 5.39. The van der Waals surface area contributed by atoms with Crippen molar-refractivity contribution in [3.63, 3.8) is 0 Å². The zero-order chi connectivity index (χ0) is 25.0. The van der Waals surface area contributed by atoms with Crippen molar-refractivity contribution in [3.8, 4) is 5.75 Å². The van der Waals surface area contributed by atoms with E-state index in [9.17, 15) is 13.6 Å². The lowest BCUT2D eigenvalue weighted by Gasteiger charge is -2.52. The zero-order valence-electron chi connectivity index (χ0n) is 20.6. The van der Waals surface area contributed by atoms with Gasteiger partial charge in [0.1, 0.15) is 37.1 Å². The van der Waals surface area contributed by atoms with Crippen LogP contribution in [0.5, 0.6) is 5.75 Å².